The summed E-state index contributed by atoms with van der Waals surface area (Å²) in [4.78, 5) is 35.2. The minimum atomic E-state index is -1.99. The fraction of sp³-hybridized carbons (Fsp3) is 0.333. The van der Waals surface area contributed by atoms with E-state index < -0.39 is 122 Å². The number of carboxylic acid groups (broad SMARTS) is 1. The van der Waals surface area contributed by atoms with Crippen molar-refractivity contribution in [2.75, 3.05) is 13.2 Å². The van der Waals surface area contributed by atoms with Crippen molar-refractivity contribution in [3.05, 3.63) is 66.2 Å². The summed E-state index contributed by atoms with van der Waals surface area (Å²) in [5.41, 5.74) is 0.151. The van der Waals surface area contributed by atoms with Crippen LogP contribution in [0.1, 0.15) is 12.0 Å². The molecule has 2 fully saturated rings. The van der Waals surface area contributed by atoms with Gasteiger partial charge in [0.05, 0.1) is 11.6 Å². The summed E-state index contributed by atoms with van der Waals surface area (Å²) in [6.45, 7) is -1.48. The van der Waals surface area contributed by atoms with Crippen LogP contribution < -0.4 is 9.47 Å². The number of carboxylic acids is 1. The van der Waals surface area contributed by atoms with E-state index in [2.05, 4.69) is 0 Å². The van der Waals surface area contributed by atoms with E-state index in [4.69, 9.17) is 37.9 Å². The van der Waals surface area contributed by atoms with Crippen LogP contribution in [0.4, 0.5) is 0 Å². The maximum atomic E-state index is 12.5. The number of carbonyl (C=O) groups is 3. The molecule has 0 amide bonds. The minimum Gasteiger partial charge on any atom is -0.507 e. The first-order chi connectivity index (χ1) is 28.9. The molecule has 10 atom stereocenters. The zero-order valence-electron chi connectivity index (χ0n) is 31.2. The van der Waals surface area contributed by atoms with Crippen molar-refractivity contribution in [3.63, 3.8) is 0 Å². The van der Waals surface area contributed by atoms with Crippen molar-refractivity contribution in [1.29, 1.82) is 0 Å². The van der Waals surface area contributed by atoms with Crippen molar-refractivity contribution >= 4 is 35.0 Å². The van der Waals surface area contributed by atoms with Gasteiger partial charge >= 0.3 is 29.3 Å². The highest BCUT2D eigenvalue weighted by atomic mass is 16.7. The number of benzene rings is 3. The Morgan fingerprint density at radius 2 is 1.21 bits per heavy atom. The average Bonchev–Trinajstić information content (AvgIpc) is 3.21. The van der Waals surface area contributed by atoms with Crippen molar-refractivity contribution in [1.82, 2.24) is 0 Å². The number of aliphatic hydroxyl groups excluding tert-OH is 6. The lowest BCUT2D eigenvalue weighted by Crippen LogP contribution is -2.60. The molecule has 0 saturated carbocycles. The van der Waals surface area contributed by atoms with Crippen LogP contribution in [0, 0.1) is 0 Å². The van der Waals surface area contributed by atoms with Gasteiger partial charge in [0.25, 0.3) is 0 Å². The fourth-order valence-corrected chi connectivity index (χ4v) is 6.15. The number of ether oxygens (including phenoxy) is 6. The zero-order chi connectivity index (χ0) is 44.3. The van der Waals surface area contributed by atoms with Crippen molar-refractivity contribution < 1.29 is 109 Å². The summed E-state index contributed by atoms with van der Waals surface area (Å²) in [6.07, 6.45) is -17.2. The maximum Gasteiger partial charge on any atom is 0.402 e. The number of fused-ring (bicyclic) bond motifs is 1. The quantitative estimate of drug-likeness (QED) is 0.0266. The lowest BCUT2D eigenvalue weighted by Gasteiger charge is -2.40. The Morgan fingerprint density at radius 1 is 0.639 bits per heavy atom. The number of hydrogen-bond acceptors (Lipinski definition) is 20. The van der Waals surface area contributed by atoms with Gasteiger partial charge in [-0.3, -0.25) is 9.59 Å². The van der Waals surface area contributed by atoms with Gasteiger partial charge in [-0.25, -0.2) is 9.21 Å². The predicted octanol–water partition coefficient (Wildman–Crippen LogP) is -0.444. The first-order valence-corrected chi connectivity index (χ1v) is 18.0. The Labute approximate surface area is 342 Å². The average molecular weight is 860 g/mol. The highest BCUT2D eigenvalue weighted by molar-refractivity contribution is 5.90. The van der Waals surface area contributed by atoms with E-state index >= 15 is 0 Å². The molecule has 1 aromatic heterocycles. The van der Waals surface area contributed by atoms with Gasteiger partial charge in [-0.1, -0.05) is 6.07 Å². The maximum absolute atomic E-state index is 12.5. The van der Waals surface area contributed by atoms with Crippen molar-refractivity contribution in [2.45, 2.75) is 67.8 Å². The molecular weight excluding hydrogens is 820 g/mol. The highest BCUT2D eigenvalue weighted by Gasteiger charge is 2.48. The van der Waals surface area contributed by atoms with E-state index in [0.717, 1.165) is 30.3 Å². The largest absolute Gasteiger partial charge is 0.507 e. The topological polar surface area (TPSA) is 361 Å². The third-order valence-corrected chi connectivity index (χ3v) is 9.37. The summed E-state index contributed by atoms with van der Waals surface area (Å²) < 4.78 is 39.2. The number of aliphatic carboxylic acids is 1. The van der Waals surface area contributed by atoms with Crippen LogP contribution in [-0.2, 0) is 33.3 Å². The SMILES string of the molecule is O=C(O)CC(=O)OCC1O[C@@H](Oc2cc(O)cc3[o+]c(-c4ccc(O)c(O)c4)c(O[C@@H]4OC(COC(=O)/C=C/c5ccc(O)c(O)c5)[C@@H](O)C(O)C4O)cc23)C(O)[C@@H](O)[C@@H]1O. The van der Waals surface area contributed by atoms with E-state index in [1.165, 1.54) is 36.4 Å². The summed E-state index contributed by atoms with van der Waals surface area (Å²) in [7, 11) is 0. The van der Waals surface area contributed by atoms with E-state index in [1.807, 2.05) is 0 Å². The molecule has 2 saturated heterocycles. The van der Waals surface area contributed by atoms with Crippen LogP contribution in [0.15, 0.2) is 65.1 Å². The van der Waals surface area contributed by atoms with Gasteiger partial charge in [-0.05, 0) is 35.9 Å². The Bertz CT molecular complexity index is 2300. The Hall–Kier alpha value is -6.50. The Balaban J connectivity index is 1.29. The molecule has 0 bridgehead atoms. The normalized spacial score (nSPS) is 26.5. The molecule has 4 aromatic rings. The van der Waals surface area contributed by atoms with Crippen LogP contribution in [0.5, 0.6) is 40.2 Å². The number of phenols is 5. The molecule has 3 heterocycles. The Morgan fingerprint density at radius 3 is 1.80 bits per heavy atom. The van der Waals surface area contributed by atoms with Crippen LogP contribution in [-0.4, -0.2) is 154 Å². The van der Waals surface area contributed by atoms with Gasteiger partial charge in [0.2, 0.25) is 18.3 Å². The minimum absolute atomic E-state index is 0.0199. The molecule has 12 N–H and O–H groups in total. The molecular formula is C39H39O22+. The Kier molecular flexibility index (Phi) is 13.3. The van der Waals surface area contributed by atoms with Crippen LogP contribution >= 0.6 is 0 Å². The van der Waals surface area contributed by atoms with E-state index in [-0.39, 0.29) is 39.5 Å². The molecule has 22 nitrogen and oxygen atoms in total. The number of esters is 2. The first kappa shape index (κ1) is 44.1. The number of aromatic hydroxyl groups is 5. The van der Waals surface area contributed by atoms with Gasteiger partial charge in [0.15, 0.2) is 23.0 Å². The molecule has 326 valence electrons. The van der Waals surface area contributed by atoms with Gasteiger partial charge in [0, 0.05) is 24.3 Å². The summed E-state index contributed by atoms with van der Waals surface area (Å²) in [5, 5.41) is 123. The van der Waals surface area contributed by atoms with Crippen LogP contribution in [0.3, 0.4) is 0 Å². The molecule has 0 aliphatic carbocycles. The molecule has 22 heteroatoms. The third kappa shape index (κ3) is 10.1. The molecule has 6 rings (SSSR count). The van der Waals surface area contributed by atoms with Gasteiger partial charge < -0.3 is 89.7 Å². The van der Waals surface area contributed by atoms with Gasteiger partial charge in [-0.2, -0.15) is 0 Å². The van der Waals surface area contributed by atoms with Gasteiger partial charge in [0.1, 0.15) is 85.4 Å². The molecule has 3 aromatic carbocycles. The molecule has 61 heavy (non-hydrogen) atoms. The highest BCUT2D eigenvalue weighted by Crippen LogP contribution is 2.43. The third-order valence-electron chi connectivity index (χ3n) is 9.37. The smallest absolute Gasteiger partial charge is 0.402 e. The predicted molar refractivity (Wildman–Crippen MR) is 199 cm³/mol. The van der Waals surface area contributed by atoms with Crippen molar-refractivity contribution in [3.8, 4) is 51.6 Å². The number of hydrogen-bond donors (Lipinski definition) is 12. The molecule has 0 spiro atoms. The monoisotopic (exact) mass is 859 g/mol. The van der Waals surface area contributed by atoms with E-state index in [9.17, 15) is 70.6 Å². The summed E-state index contributed by atoms with van der Waals surface area (Å²) >= 11 is 0. The molecule has 0 radical (unpaired) electrons. The van der Waals surface area contributed by atoms with Crippen LogP contribution in [0.2, 0.25) is 0 Å². The second-order valence-corrected chi connectivity index (χ2v) is 13.7. The standard InChI is InChI=1S/C39H38O22/c40-17-9-23-18(24(10-17)58-38-35(53)33(51)32(50)27(60-38)14-56-30(48)12-28(45)46)11-25(37(57-23)16-3-5-20(42)22(44)8-16)59-39-36(54)34(52)31(49)26(61-39)13-55-29(47)6-2-15-1-4-19(41)21(43)7-15/h1-11,26-27,31-36,38-39,49-54H,12-14H2,(H5-,40,41,42,43,44,45,46,47)/p+1/t26?,27?,31-,32-,33+,34?,35?,36?,38-,39-/m1/s1. The van der Waals surface area contributed by atoms with E-state index in [0.29, 0.717) is 5.56 Å². The second kappa shape index (κ2) is 18.4. The van der Waals surface area contributed by atoms with Crippen molar-refractivity contribution in [2.24, 2.45) is 0 Å². The molecule has 2 aliphatic heterocycles. The molecule has 5 unspecified atom stereocenters. The number of phenolic OH excluding ortho intramolecular Hbond substituents is 5. The zero-order valence-corrected chi connectivity index (χ0v) is 31.2. The van der Waals surface area contributed by atoms with E-state index in [1.54, 1.807) is 0 Å². The summed E-state index contributed by atoms with van der Waals surface area (Å²) in [6, 6.07) is 10.5. The fourth-order valence-electron chi connectivity index (χ4n) is 6.15. The second-order valence-electron chi connectivity index (χ2n) is 13.7. The van der Waals surface area contributed by atoms with Crippen LogP contribution in [0.25, 0.3) is 28.4 Å². The molecule has 2 aliphatic rings. The summed E-state index contributed by atoms with van der Waals surface area (Å²) in [5.74, 6) is -7.09. The van der Waals surface area contributed by atoms with Gasteiger partial charge in [-0.15, -0.1) is 0 Å². The number of rotatable bonds is 13. The lowest BCUT2D eigenvalue weighted by molar-refractivity contribution is -0.278. The number of carbonyl (C=O) groups excluding carboxylic acids is 2. The number of aliphatic hydroxyl groups is 6. The first-order valence-electron chi connectivity index (χ1n) is 18.0. The lowest BCUT2D eigenvalue weighted by atomic mass is 9.99.